The number of nitrogens with zero attached hydrogens (tertiary/aromatic N) is 4. The van der Waals surface area contributed by atoms with Crippen LogP contribution < -0.4 is 5.32 Å². The number of hydrogen-bond acceptors (Lipinski definition) is 6. The second kappa shape index (κ2) is 6.02. The molecule has 2 fully saturated rings. The molecule has 0 saturated carbocycles. The minimum Gasteiger partial charge on any atom is -0.339 e. The van der Waals surface area contributed by atoms with Crippen LogP contribution in [-0.2, 0) is 5.41 Å². The van der Waals surface area contributed by atoms with Crippen LogP contribution in [0.5, 0.6) is 0 Å². The molecule has 1 atom stereocenters. The average molecular weight is 293 g/mol. The van der Waals surface area contributed by atoms with Gasteiger partial charge < -0.3 is 14.7 Å². The molecule has 0 aliphatic carbocycles. The summed E-state index contributed by atoms with van der Waals surface area (Å²) in [6.07, 6.45) is 3.24. The Kier molecular flexibility index (Phi) is 4.28. The summed E-state index contributed by atoms with van der Waals surface area (Å²) < 4.78 is 5.70. The van der Waals surface area contributed by atoms with Crippen molar-refractivity contribution in [2.75, 3.05) is 46.8 Å². The van der Waals surface area contributed by atoms with E-state index in [4.69, 9.17) is 9.51 Å². The number of nitrogens with one attached hydrogen (secondary N) is 1. The number of hydrogen-bond donors (Lipinski definition) is 1. The maximum absolute atomic E-state index is 5.70. The van der Waals surface area contributed by atoms with E-state index >= 15 is 0 Å². The van der Waals surface area contributed by atoms with Gasteiger partial charge >= 0.3 is 0 Å². The highest BCUT2D eigenvalue weighted by atomic mass is 16.5. The lowest BCUT2D eigenvalue weighted by atomic mass is 9.76. The quantitative estimate of drug-likeness (QED) is 0.898. The van der Waals surface area contributed by atoms with Crippen LogP contribution in [0.2, 0.25) is 0 Å². The summed E-state index contributed by atoms with van der Waals surface area (Å²) in [6, 6.07) is 0.247. The second-order valence-corrected chi connectivity index (χ2v) is 6.60. The molecule has 118 valence electrons. The highest BCUT2D eigenvalue weighted by Crippen LogP contribution is 2.36. The van der Waals surface area contributed by atoms with Crippen LogP contribution in [0, 0.1) is 0 Å². The molecule has 2 aliphatic heterocycles. The first-order valence-corrected chi connectivity index (χ1v) is 8.08. The van der Waals surface area contributed by atoms with Gasteiger partial charge in [0, 0.05) is 19.6 Å². The lowest BCUT2D eigenvalue weighted by Gasteiger charge is -2.36. The molecule has 0 aromatic carbocycles. The first kappa shape index (κ1) is 14.9. The standard InChI is InChI=1S/C15H27N5O/c1-4-15(5-7-16-8-6-15)14-17-13(18-21-14)12-11-19(2)9-10-20(12)3/h12,16H,4-11H2,1-3H3. The van der Waals surface area contributed by atoms with Crippen LogP contribution in [0.4, 0.5) is 0 Å². The Morgan fingerprint density at radius 1 is 1.29 bits per heavy atom. The molecule has 0 spiro atoms. The van der Waals surface area contributed by atoms with Gasteiger partial charge in [-0.2, -0.15) is 4.98 Å². The third-order valence-electron chi connectivity index (χ3n) is 5.28. The van der Waals surface area contributed by atoms with Crippen molar-refractivity contribution < 1.29 is 4.52 Å². The minimum absolute atomic E-state index is 0.0790. The zero-order valence-electron chi connectivity index (χ0n) is 13.4. The van der Waals surface area contributed by atoms with Gasteiger partial charge in [-0.1, -0.05) is 12.1 Å². The fraction of sp³-hybridized carbons (Fsp3) is 0.867. The molecule has 0 radical (unpaired) electrons. The van der Waals surface area contributed by atoms with E-state index in [9.17, 15) is 0 Å². The van der Waals surface area contributed by atoms with Gasteiger partial charge in [-0.05, 0) is 46.4 Å². The van der Waals surface area contributed by atoms with E-state index in [1.165, 1.54) is 0 Å². The van der Waals surface area contributed by atoms with Gasteiger partial charge in [0.1, 0.15) is 0 Å². The monoisotopic (exact) mass is 293 g/mol. The molecular weight excluding hydrogens is 266 g/mol. The van der Waals surface area contributed by atoms with Crippen LogP contribution in [0.15, 0.2) is 4.52 Å². The molecule has 3 heterocycles. The van der Waals surface area contributed by atoms with Crippen LogP contribution in [0.3, 0.4) is 0 Å². The summed E-state index contributed by atoms with van der Waals surface area (Å²) in [5.74, 6) is 1.70. The first-order valence-electron chi connectivity index (χ1n) is 8.08. The van der Waals surface area contributed by atoms with Crippen LogP contribution in [0.1, 0.15) is 43.9 Å². The van der Waals surface area contributed by atoms with Crippen molar-refractivity contribution >= 4 is 0 Å². The third-order valence-corrected chi connectivity index (χ3v) is 5.28. The molecule has 1 unspecified atom stereocenters. The topological polar surface area (TPSA) is 57.4 Å². The predicted molar refractivity (Wildman–Crippen MR) is 81.2 cm³/mol. The molecule has 0 amide bonds. The van der Waals surface area contributed by atoms with Crippen molar-refractivity contribution in [2.24, 2.45) is 0 Å². The second-order valence-electron chi connectivity index (χ2n) is 6.60. The Balaban J connectivity index is 1.82. The van der Waals surface area contributed by atoms with E-state index in [0.717, 1.165) is 63.7 Å². The average Bonchev–Trinajstić information content (AvgIpc) is 3.00. The summed E-state index contributed by atoms with van der Waals surface area (Å²) in [4.78, 5) is 9.47. The van der Waals surface area contributed by atoms with Crippen molar-refractivity contribution in [3.63, 3.8) is 0 Å². The normalized spacial score (nSPS) is 27.9. The Morgan fingerprint density at radius 2 is 2.05 bits per heavy atom. The molecule has 6 nitrogen and oxygen atoms in total. The highest BCUT2D eigenvalue weighted by Gasteiger charge is 2.38. The summed E-state index contributed by atoms with van der Waals surface area (Å²) in [5.41, 5.74) is 0.0790. The summed E-state index contributed by atoms with van der Waals surface area (Å²) in [5, 5.41) is 7.74. The maximum atomic E-state index is 5.70. The van der Waals surface area contributed by atoms with Crippen molar-refractivity contribution in [1.82, 2.24) is 25.3 Å². The van der Waals surface area contributed by atoms with E-state index in [1.54, 1.807) is 0 Å². The molecule has 1 aromatic rings. The lowest BCUT2D eigenvalue weighted by Crippen LogP contribution is -2.45. The van der Waals surface area contributed by atoms with Gasteiger partial charge in [-0.3, -0.25) is 4.90 Å². The van der Waals surface area contributed by atoms with Crippen LogP contribution in [0.25, 0.3) is 0 Å². The Labute approximate surface area is 126 Å². The lowest BCUT2D eigenvalue weighted by molar-refractivity contribution is 0.108. The number of likely N-dealkylation sites (N-methyl/N-ethyl adjacent to an activating group) is 2. The Morgan fingerprint density at radius 3 is 2.76 bits per heavy atom. The third kappa shape index (κ3) is 2.84. The van der Waals surface area contributed by atoms with Crippen molar-refractivity contribution in [3.8, 4) is 0 Å². The van der Waals surface area contributed by atoms with Crippen molar-refractivity contribution in [1.29, 1.82) is 0 Å². The van der Waals surface area contributed by atoms with E-state index in [-0.39, 0.29) is 11.5 Å². The number of piperazine rings is 1. The number of rotatable bonds is 3. The highest BCUT2D eigenvalue weighted by molar-refractivity contribution is 5.09. The fourth-order valence-electron chi connectivity index (χ4n) is 3.50. The van der Waals surface area contributed by atoms with Gasteiger partial charge in [0.15, 0.2) is 5.82 Å². The fourth-order valence-corrected chi connectivity index (χ4v) is 3.50. The van der Waals surface area contributed by atoms with E-state index in [0.29, 0.717) is 0 Å². The van der Waals surface area contributed by atoms with E-state index < -0.39 is 0 Å². The summed E-state index contributed by atoms with van der Waals surface area (Å²) in [7, 11) is 4.30. The van der Waals surface area contributed by atoms with Crippen molar-refractivity contribution in [2.45, 2.75) is 37.6 Å². The molecule has 1 aromatic heterocycles. The molecule has 1 N–H and O–H groups in total. The molecule has 3 rings (SSSR count). The summed E-state index contributed by atoms with van der Waals surface area (Å²) >= 11 is 0. The predicted octanol–water partition coefficient (Wildman–Crippen LogP) is 1.02. The van der Waals surface area contributed by atoms with Gasteiger partial charge in [-0.15, -0.1) is 0 Å². The van der Waals surface area contributed by atoms with Crippen molar-refractivity contribution in [3.05, 3.63) is 11.7 Å². The van der Waals surface area contributed by atoms with Gasteiger partial charge in [0.25, 0.3) is 0 Å². The van der Waals surface area contributed by atoms with Gasteiger partial charge in [0.2, 0.25) is 5.89 Å². The summed E-state index contributed by atoms with van der Waals surface area (Å²) in [6.45, 7) is 7.43. The Hall–Kier alpha value is -0.980. The maximum Gasteiger partial charge on any atom is 0.233 e. The molecule has 6 heteroatoms. The minimum atomic E-state index is 0.0790. The number of piperidine rings is 1. The van der Waals surface area contributed by atoms with Gasteiger partial charge in [-0.25, -0.2) is 0 Å². The Bertz CT molecular complexity index is 468. The zero-order valence-corrected chi connectivity index (χ0v) is 13.4. The van der Waals surface area contributed by atoms with E-state index in [1.807, 2.05) is 0 Å². The zero-order chi connectivity index (χ0) is 14.9. The smallest absolute Gasteiger partial charge is 0.233 e. The SMILES string of the molecule is CCC1(c2nc(C3CN(C)CCN3C)no2)CCNCC1. The molecule has 0 bridgehead atoms. The molecular formula is C15H27N5O. The van der Waals surface area contributed by atoms with Crippen LogP contribution in [-0.4, -0.2) is 66.8 Å². The molecule has 2 saturated heterocycles. The first-order chi connectivity index (χ1) is 10.1. The molecule has 21 heavy (non-hydrogen) atoms. The number of aromatic nitrogens is 2. The van der Waals surface area contributed by atoms with E-state index in [2.05, 4.69) is 41.3 Å². The van der Waals surface area contributed by atoms with Crippen LogP contribution >= 0.6 is 0 Å². The molecule has 2 aliphatic rings. The largest absolute Gasteiger partial charge is 0.339 e. The van der Waals surface area contributed by atoms with Gasteiger partial charge in [0.05, 0.1) is 11.5 Å².